The first-order chi connectivity index (χ1) is 8.72. The highest BCUT2D eigenvalue weighted by atomic mass is 16.1. The van der Waals surface area contributed by atoms with Crippen LogP contribution in [0.1, 0.15) is 65.2 Å². The van der Waals surface area contributed by atoms with E-state index in [0.717, 1.165) is 25.2 Å². The number of ketones is 1. The molecule has 3 unspecified atom stereocenters. The summed E-state index contributed by atoms with van der Waals surface area (Å²) in [6.45, 7) is 7.07. The van der Waals surface area contributed by atoms with E-state index >= 15 is 0 Å². The molecule has 0 bridgehead atoms. The Bertz CT molecular complexity index is 276. The van der Waals surface area contributed by atoms with Crippen molar-refractivity contribution in [3.63, 3.8) is 0 Å². The molecule has 0 amide bonds. The van der Waals surface area contributed by atoms with Crippen molar-refractivity contribution >= 4 is 5.78 Å². The zero-order valence-corrected chi connectivity index (χ0v) is 12.2. The molecule has 2 nitrogen and oxygen atoms in total. The second-order valence-corrected chi connectivity index (χ2v) is 6.42. The fraction of sp³-hybridized carbons (Fsp3) is 0.938. The normalized spacial score (nSPS) is 31.8. The predicted octanol–water partition coefficient (Wildman–Crippen LogP) is 3.65. The lowest BCUT2D eigenvalue weighted by atomic mass is 9.87. The van der Waals surface area contributed by atoms with E-state index in [0.29, 0.717) is 17.7 Å². The molecule has 1 saturated carbocycles. The van der Waals surface area contributed by atoms with E-state index in [4.69, 9.17) is 0 Å². The SMILES string of the molecule is CCCC(C)CN1CCCCC1C1CCCC1=O. The summed E-state index contributed by atoms with van der Waals surface area (Å²) < 4.78 is 0. The van der Waals surface area contributed by atoms with Crippen molar-refractivity contribution in [3.8, 4) is 0 Å². The van der Waals surface area contributed by atoms with Gasteiger partial charge in [-0.3, -0.25) is 9.69 Å². The molecular weight excluding hydrogens is 222 g/mol. The number of nitrogens with zero attached hydrogens (tertiary/aromatic N) is 1. The van der Waals surface area contributed by atoms with Gasteiger partial charge < -0.3 is 0 Å². The maximum atomic E-state index is 12.0. The van der Waals surface area contributed by atoms with Gasteiger partial charge in [0.1, 0.15) is 5.78 Å². The highest BCUT2D eigenvalue weighted by Gasteiger charge is 2.36. The van der Waals surface area contributed by atoms with E-state index in [9.17, 15) is 4.79 Å². The van der Waals surface area contributed by atoms with E-state index in [-0.39, 0.29) is 0 Å². The van der Waals surface area contributed by atoms with Gasteiger partial charge >= 0.3 is 0 Å². The fourth-order valence-electron chi connectivity index (χ4n) is 3.93. The first-order valence-corrected chi connectivity index (χ1v) is 7.99. The summed E-state index contributed by atoms with van der Waals surface area (Å²) in [4.78, 5) is 14.7. The summed E-state index contributed by atoms with van der Waals surface area (Å²) in [5.41, 5.74) is 0. The summed E-state index contributed by atoms with van der Waals surface area (Å²) in [5, 5.41) is 0. The van der Waals surface area contributed by atoms with Gasteiger partial charge in [0.25, 0.3) is 0 Å². The third kappa shape index (κ3) is 3.34. The van der Waals surface area contributed by atoms with Gasteiger partial charge in [-0.1, -0.05) is 26.7 Å². The minimum atomic E-state index is 0.374. The molecule has 2 rings (SSSR count). The molecule has 0 spiro atoms. The fourth-order valence-corrected chi connectivity index (χ4v) is 3.93. The molecule has 104 valence electrons. The van der Waals surface area contributed by atoms with Crippen LogP contribution in [0.15, 0.2) is 0 Å². The molecule has 1 aliphatic carbocycles. The van der Waals surface area contributed by atoms with Crippen LogP contribution in [0, 0.1) is 11.8 Å². The van der Waals surface area contributed by atoms with Crippen molar-refractivity contribution < 1.29 is 4.79 Å². The number of Topliss-reactive ketones (excluding diaryl/α,β-unsaturated/α-hetero) is 1. The monoisotopic (exact) mass is 251 g/mol. The van der Waals surface area contributed by atoms with Crippen molar-refractivity contribution in [3.05, 3.63) is 0 Å². The number of hydrogen-bond acceptors (Lipinski definition) is 2. The standard InChI is InChI=1S/C16H29NO/c1-3-7-13(2)12-17-11-5-4-9-15(17)14-8-6-10-16(14)18/h13-15H,3-12H2,1-2H3. The zero-order chi connectivity index (χ0) is 13.0. The zero-order valence-electron chi connectivity index (χ0n) is 12.2. The molecule has 0 aromatic rings. The molecule has 2 heteroatoms. The molecule has 2 aliphatic rings. The van der Waals surface area contributed by atoms with Crippen LogP contribution in [0.3, 0.4) is 0 Å². The van der Waals surface area contributed by atoms with Crippen LogP contribution in [-0.2, 0) is 4.79 Å². The van der Waals surface area contributed by atoms with Crippen molar-refractivity contribution in [2.75, 3.05) is 13.1 Å². The van der Waals surface area contributed by atoms with Crippen molar-refractivity contribution in [2.45, 2.75) is 71.3 Å². The topological polar surface area (TPSA) is 20.3 Å². The molecule has 0 radical (unpaired) electrons. The Morgan fingerprint density at radius 2 is 2.11 bits per heavy atom. The Labute approximate surface area is 112 Å². The summed E-state index contributed by atoms with van der Waals surface area (Å²) in [7, 11) is 0. The van der Waals surface area contributed by atoms with Crippen LogP contribution >= 0.6 is 0 Å². The van der Waals surface area contributed by atoms with Gasteiger partial charge in [-0.25, -0.2) is 0 Å². The average Bonchev–Trinajstić information content (AvgIpc) is 2.76. The van der Waals surface area contributed by atoms with Crippen LogP contribution in [-0.4, -0.2) is 29.8 Å². The van der Waals surface area contributed by atoms with Crippen molar-refractivity contribution in [2.24, 2.45) is 11.8 Å². The van der Waals surface area contributed by atoms with E-state index in [1.54, 1.807) is 0 Å². The van der Waals surface area contributed by atoms with Gasteiger partial charge in [-0.2, -0.15) is 0 Å². The van der Waals surface area contributed by atoms with E-state index < -0.39 is 0 Å². The average molecular weight is 251 g/mol. The highest BCUT2D eigenvalue weighted by molar-refractivity contribution is 5.83. The Kier molecular flexibility index (Phi) is 5.23. The van der Waals surface area contributed by atoms with Crippen LogP contribution < -0.4 is 0 Å². The van der Waals surface area contributed by atoms with Gasteiger partial charge in [0.15, 0.2) is 0 Å². The maximum absolute atomic E-state index is 12.0. The van der Waals surface area contributed by atoms with Gasteiger partial charge in [0.2, 0.25) is 0 Å². The quantitative estimate of drug-likeness (QED) is 0.743. The predicted molar refractivity (Wildman–Crippen MR) is 75.6 cm³/mol. The number of piperidine rings is 1. The Morgan fingerprint density at radius 1 is 1.28 bits per heavy atom. The second kappa shape index (κ2) is 6.70. The summed E-state index contributed by atoms with van der Waals surface area (Å²) in [6.07, 6.45) is 9.66. The lowest BCUT2D eigenvalue weighted by Crippen LogP contribution is -2.47. The summed E-state index contributed by atoms with van der Waals surface area (Å²) >= 11 is 0. The minimum absolute atomic E-state index is 0.374. The molecule has 3 atom stereocenters. The van der Waals surface area contributed by atoms with Crippen LogP contribution in [0.5, 0.6) is 0 Å². The maximum Gasteiger partial charge on any atom is 0.137 e. The molecule has 0 N–H and O–H groups in total. The molecule has 1 saturated heterocycles. The number of carbonyl (C=O) groups excluding carboxylic acids is 1. The molecular formula is C16H29NO. The number of carbonyl (C=O) groups is 1. The number of rotatable bonds is 5. The first-order valence-electron chi connectivity index (χ1n) is 7.99. The minimum Gasteiger partial charge on any atom is -0.299 e. The smallest absolute Gasteiger partial charge is 0.137 e. The summed E-state index contributed by atoms with van der Waals surface area (Å²) in [6, 6.07) is 0.577. The molecule has 1 heterocycles. The lowest BCUT2D eigenvalue weighted by Gasteiger charge is -2.40. The first kappa shape index (κ1) is 14.0. The molecule has 1 aliphatic heterocycles. The Morgan fingerprint density at radius 3 is 2.78 bits per heavy atom. The van der Waals surface area contributed by atoms with E-state index in [1.807, 2.05) is 0 Å². The van der Waals surface area contributed by atoms with E-state index in [1.165, 1.54) is 45.2 Å². The van der Waals surface area contributed by atoms with E-state index in [2.05, 4.69) is 18.7 Å². The van der Waals surface area contributed by atoms with Gasteiger partial charge in [-0.15, -0.1) is 0 Å². The third-order valence-electron chi connectivity index (χ3n) is 4.81. The molecule has 2 fully saturated rings. The third-order valence-corrected chi connectivity index (χ3v) is 4.81. The van der Waals surface area contributed by atoms with Gasteiger partial charge in [-0.05, 0) is 44.6 Å². The van der Waals surface area contributed by atoms with Crippen molar-refractivity contribution in [1.82, 2.24) is 4.90 Å². The lowest BCUT2D eigenvalue weighted by molar-refractivity contribution is -0.123. The Balaban J connectivity index is 1.94. The van der Waals surface area contributed by atoms with Crippen molar-refractivity contribution in [1.29, 1.82) is 0 Å². The summed E-state index contributed by atoms with van der Waals surface area (Å²) in [5.74, 6) is 1.71. The molecule has 0 aromatic carbocycles. The largest absolute Gasteiger partial charge is 0.299 e. The number of likely N-dealkylation sites (tertiary alicyclic amines) is 1. The van der Waals surface area contributed by atoms with Gasteiger partial charge in [0, 0.05) is 24.9 Å². The van der Waals surface area contributed by atoms with Crippen LogP contribution in [0.4, 0.5) is 0 Å². The molecule has 0 aromatic heterocycles. The second-order valence-electron chi connectivity index (χ2n) is 6.42. The highest BCUT2D eigenvalue weighted by Crippen LogP contribution is 2.33. The van der Waals surface area contributed by atoms with Crippen LogP contribution in [0.2, 0.25) is 0 Å². The van der Waals surface area contributed by atoms with Crippen LogP contribution in [0.25, 0.3) is 0 Å². The number of hydrogen-bond donors (Lipinski definition) is 0. The molecule has 18 heavy (non-hydrogen) atoms. The Hall–Kier alpha value is -0.370. The van der Waals surface area contributed by atoms with Gasteiger partial charge in [0.05, 0.1) is 0 Å².